The van der Waals surface area contributed by atoms with E-state index in [0.717, 1.165) is 12.8 Å². The third kappa shape index (κ3) is 1.40. The van der Waals surface area contributed by atoms with Crippen molar-refractivity contribution < 1.29 is 15.0 Å². The number of hydrogen-bond donors (Lipinski definition) is 3. The minimum absolute atomic E-state index is 0.128. The number of carboxylic acid groups (broad SMARTS) is 1. The summed E-state index contributed by atoms with van der Waals surface area (Å²) in [5.74, 6) is -0.683. The normalized spacial score (nSPS) is 18.2. The summed E-state index contributed by atoms with van der Waals surface area (Å²) in [6.07, 6.45) is 3.06. The van der Waals surface area contributed by atoms with Crippen LogP contribution in [0.3, 0.4) is 0 Å². The summed E-state index contributed by atoms with van der Waals surface area (Å²) in [5.41, 5.74) is 0.441. The van der Waals surface area contributed by atoms with Gasteiger partial charge in [-0.1, -0.05) is 12.8 Å². The predicted octanol–water partition coefficient (Wildman–Crippen LogP) is 2.16. The van der Waals surface area contributed by atoms with E-state index >= 15 is 0 Å². The molecule has 1 heterocycles. The summed E-state index contributed by atoms with van der Waals surface area (Å²) in [6, 6.07) is 4.82. The molecule has 0 amide bonds. The van der Waals surface area contributed by atoms with E-state index in [1.54, 1.807) is 18.2 Å². The standard InChI is InChI=1S/C13H14N2O3/c16-8-3-4-10-9(7-8)11(15-14-10)13(12(17)18)5-1-2-6-13/h3-4,7,16H,1-2,5-6H2,(H,14,15)(H,17,18). The van der Waals surface area contributed by atoms with Crippen LogP contribution in [0.15, 0.2) is 18.2 Å². The fourth-order valence-corrected chi connectivity index (χ4v) is 2.91. The number of aromatic nitrogens is 2. The molecule has 1 aromatic heterocycles. The number of rotatable bonds is 2. The monoisotopic (exact) mass is 246 g/mol. The number of aromatic amines is 1. The lowest BCUT2D eigenvalue weighted by atomic mass is 9.81. The van der Waals surface area contributed by atoms with Gasteiger partial charge in [0, 0.05) is 5.39 Å². The maximum absolute atomic E-state index is 11.6. The zero-order valence-electron chi connectivity index (χ0n) is 9.81. The van der Waals surface area contributed by atoms with Gasteiger partial charge in [-0.15, -0.1) is 0 Å². The molecule has 1 aromatic carbocycles. The smallest absolute Gasteiger partial charge is 0.315 e. The Bertz CT molecular complexity index is 612. The molecule has 5 heteroatoms. The van der Waals surface area contributed by atoms with Gasteiger partial charge in [-0.2, -0.15) is 5.10 Å². The van der Waals surface area contributed by atoms with Gasteiger partial charge in [-0.05, 0) is 31.0 Å². The van der Waals surface area contributed by atoms with E-state index in [-0.39, 0.29) is 5.75 Å². The van der Waals surface area contributed by atoms with Crippen molar-refractivity contribution in [3.05, 3.63) is 23.9 Å². The van der Waals surface area contributed by atoms with Gasteiger partial charge in [0.15, 0.2) is 0 Å². The summed E-state index contributed by atoms with van der Waals surface area (Å²) in [6.45, 7) is 0. The zero-order valence-corrected chi connectivity index (χ0v) is 9.81. The van der Waals surface area contributed by atoms with Crippen molar-refractivity contribution in [3.63, 3.8) is 0 Å². The molecule has 18 heavy (non-hydrogen) atoms. The van der Waals surface area contributed by atoms with Gasteiger partial charge < -0.3 is 10.2 Å². The Balaban J connectivity index is 2.24. The molecular weight excluding hydrogens is 232 g/mol. The van der Waals surface area contributed by atoms with E-state index < -0.39 is 11.4 Å². The Morgan fingerprint density at radius 1 is 1.33 bits per heavy atom. The molecule has 0 spiro atoms. The lowest BCUT2D eigenvalue weighted by Gasteiger charge is -2.22. The Hall–Kier alpha value is -2.04. The van der Waals surface area contributed by atoms with Gasteiger partial charge >= 0.3 is 5.97 Å². The lowest BCUT2D eigenvalue weighted by Crippen LogP contribution is -2.33. The van der Waals surface area contributed by atoms with Crippen molar-refractivity contribution in [1.82, 2.24) is 10.2 Å². The minimum Gasteiger partial charge on any atom is -0.508 e. The molecule has 0 saturated heterocycles. The van der Waals surface area contributed by atoms with E-state index in [4.69, 9.17) is 0 Å². The van der Waals surface area contributed by atoms with Crippen LogP contribution in [-0.2, 0) is 10.2 Å². The molecule has 0 radical (unpaired) electrons. The molecule has 3 N–H and O–H groups in total. The van der Waals surface area contributed by atoms with Crippen LogP contribution in [-0.4, -0.2) is 26.4 Å². The van der Waals surface area contributed by atoms with Crippen LogP contribution in [0.2, 0.25) is 0 Å². The van der Waals surface area contributed by atoms with Crippen LogP contribution in [0.4, 0.5) is 0 Å². The number of carboxylic acids is 1. The van der Waals surface area contributed by atoms with Gasteiger partial charge in [0.2, 0.25) is 0 Å². The topological polar surface area (TPSA) is 86.2 Å². The molecule has 3 rings (SSSR count). The van der Waals surface area contributed by atoms with E-state index in [1.165, 1.54) is 0 Å². The zero-order chi connectivity index (χ0) is 12.8. The molecule has 0 unspecified atom stereocenters. The summed E-state index contributed by atoms with van der Waals surface area (Å²) < 4.78 is 0. The van der Waals surface area contributed by atoms with Crippen LogP contribution in [0.25, 0.3) is 10.9 Å². The van der Waals surface area contributed by atoms with E-state index in [9.17, 15) is 15.0 Å². The molecule has 0 aliphatic heterocycles. The fourth-order valence-electron chi connectivity index (χ4n) is 2.91. The number of nitrogens with one attached hydrogen (secondary N) is 1. The number of carbonyl (C=O) groups is 1. The summed E-state index contributed by atoms with van der Waals surface area (Å²) in [5, 5.41) is 26.8. The lowest BCUT2D eigenvalue weighted by molar-refractivity contribution is -0.143. The van der Waals surface area contributed by atoms with E-state index in [0.29, 0.717) is 29.4 Å². The van der Waals surface area contributed by atoms with E-state index in [1.807, 2.05) is 0 Å². The Labute approximate surface area is 103 Å². The van der Waals surface area contributed by atoms with Crippen LogP contribution in [0.1, 0.15) is 31.4 Å². The molecule has 1 aliphatic carbocycles. The number of phenolic OH excluding ortho intramolecular Hbond substituents is 1. The first-order chi connectivity index (χ1) is 8.63. The largest absolute Gasteiger partial charge is 0.508 e. The van der Waals surface area contributed by atoms with Crippen molar-refractivity contribution in [2.45, 2.75) is 31.1 Å². The number of benzene rings is 1. The molecule has 2 aromatic rings. The average Bonchev–Trinajstić information content (AvgIpc) is 2.94. The van der Waals surface area contributed by atoms with Crippen molar-refractivity contribution >= 4 is 16.9 Å². The number of phenols is 1. The third-order valence-corrected chi connectivity index (χ3v) is 3.88. The summed E-state index contributed by atoms with van der Waals surface area (Å²) in [7, 11) is 0. The van der Waals surface area contributed by atoms with Gasteiger partial charge in [-0.25, -0.2) is 0 Å². The number of H-pyrrole nitrogens is 1. The number of fused-ring (bicyclic) bond motifs is 1. The van der Waals surface area contributed by atoms with Crippen LogP contribution in [0, 0.1) is 0 Å². The minimum atomic E-state index is -0.872. The first-order valence-electron chi connectivity index (χ1n) is 6.04. The van der Waals surface area contributed by atoms with Crippen LogP contribution >= 0.6 is 0 Å². The quantitative estimate of drug-likeness (QED) is 0.757. The number of hydrogen-bond acceptors (Lipinski definition) is 3. The van der Waals surface area contributed by atoms with Crippen molar-refractivity contribution in [2.75, 3.05) is 0 Å². The van der Waals surface area contributed by atoms with Crippen molar-refractivity contribution in [2.24, 2.45) is 0 Å². The van der Waals surface area contributed by atoms with Gasteiger partial charge in [-0.3, -0.25) is 9.89 Å². The molecule has 1 fully saturated rings. The van der Waals surface area contributed by atoms with Gasteiger partial charge in [0.1, 0.15) is 11.2 Å². The molecule has 1 saturated carbocycles. The summed E-state index contributed by atoms with van der Waals surface area (Å²) in [4.78, 5) is 11.6. The SMILES string of the molecule is O=C(O)C1(c2[nH]nc3ccc(O)cc23)CCCC1. The first kappa shape index (κ1) is 11.1. The molecule has 0 atom stereocenters. The Kier molecular flexibility index (Phi) is 2.29. The second-order valence-corrected chi connectivity index (χ2v) is 4.89. The van der Waals surface area contributed by atoms with Gasteiger partial charge in [0.25, 0.3) is 0 Å². The maximum atomic E-state index is 11.6. The molecule has 5 nitrogen and oxygen atoms in total. The second kappa shape index (κ2) is 3.73. The van der Waals surface area contributed by atoms with E-state index in [2.05, 4.69) is 10.2 Å². The van der Waals surface area contributed by atoms with Crippen LogP contribution < -0.4 is 0 Å². The third-order valence-electron chi connectivity index (χ3n) is 3.88. The second-order valence-electron chi connectivity index (χ2n) is 4.89. The predicted molar refractivity (Wildman–Crippen MR) is 65.5 cm³/mol. The van der Waals surface area contributed by atoms with Crippen molar-refractivity contribution in [3.8, 4) is 5.75 Å². The summed E-state index contributed by atoms with van der Waals surface area (Å²) >= 11 is 0. The van der Waals surface area contributed by atoms with Gasteiger partial charge in [0.05, 0.1) is 11.2 Å². The van der Waals surface area contributed by atoms with Crippen LogP contribution in [0.5, 0.6) is 5.75 Å². The fraction of sp³-hybridized carbons (Fsp3) is 0.385. The maximum Gasteiger partial charge on any atom is 0.315 e. The Morgan fingerprint density at radius 3 is 2.72 bits per heavy atom. The average molecular weight is 246 g/mol. The highest BCUT2D eigenvalue weighted by Crippen LogP contribution is 2.43. The molecule has 94 valence electrons. The number of aromatic hydroxyl groups is 1. The highest BCUT2D eigenvalue weighted by atomic mass is 16.4. The van der Waals surface area contributed by atoms with Crippen molar-refractivity contribution in [1.29, 1.82) is 0 Å². The molecule has 0 bridgehead atoms. The highest BCUT2D eigenvalue weighted by Gasteiger charge is 2.45. The molecule has 1 aliphatic rings. The first-order valence-corrected chi connectivity index (χ1v) is 6.04. The number of aliphatic carboxylic acids is 1. The molecular formula is C13H14N2O3. The Morgan fingerprint density at radius 2 is 2.06 bits per heavy atom. The number of nitrogens with zero attached hydrogens (tertiary/aromatic N) is 1. The highest BCUT2D eigenvalue weighted by molar-refractivity contribution is 5.91.